The Labute approximate surface area is 73.5 Å². The molecule has 0 aliphatic heterocycles. The normalized spacial score (nSPS) is 29.8. The van der Waals surface area contributed by atoms with Crippen molar-refractivity contribution in [2.24, 2.45) is 5.92 Å². The first kappa shape index (κ1) is 9.52. The molecule has 1 rings (SSSR count). The first-order chi connectivity index (χ1) is 5.77. The fraction of sp³-hybridized carbons (Fsp3) is 0.889. The summed E-state index contributed by atoms with van der Waals surface area (Å²) in [7, 11) is 3.44. The van der Waals surface area contributed by atoms with Gasteiger partial charge in [-0.3, -0.25) is 4.79 Å². The summed E-state index contributed by atoms with van der Waals surface area (Å²) in [5, 5.41) is 2.69. The molecule has 0 bridgehead atoms. The van der Waals surface area contributed by atoms with Gasteiger partial charge >= 0.3 is 0 Å². The van der Waals surface area contributed by atoms with Crippen molar-refractivity contribution >= 4 is 5.91 Å². The van der Waals surface area contributed by atoms with Gasteiger partial charge in [-0.2, -0.15) is 0 Å². The number of hydrogen-bond donors (Lipinski definition) is 1. The Bertz CT molecular complexity index is 151. The van der Waals surface area contributed by atoms with Crippen LogP contribution in [0, 0.1) is 5.92 Å². The Morgan fingerprint density at radius 1 is 1.33 bits per heavy atom. The second-order valence-corrected chi connectivity index (χ2v) is 3.32. The number of methoxy groups -OCH3 is 1. The lowest BCUT2D eigenvalue weighted by molar-refractivity contribution is -0.126. The van der Waals surface area contributed by atoms with E-state index in [2.05, 4.69) is 5.32 Å². The van der Waals surface area contributed by atoms with Gasteiger partial charge in [0, 0.05) is 20.1 Å². The highest BCUT2D eigenvalue weighted by atomic mass is 16.5. The number of carbonyl (C=O) groups excluding carboxylic acids is 1. The third-order valence-electron chi connectivity index (χ3n) is 2.62. The van der Waals surface area contributed by atoms with Crippen LogP contribution in [0.5, 0.6) is 0 Å². The summed E-state index contributed by atoms with van der Waals surface area (Å²) in [6.07, 6.45) is 4.37. The average molecular weight is 171 g/mol. The van der Waals surface area contributed by atoms with Crippen LogP contribution in [0.15, 0.2) is 0 Å². The van der Waals surface area contributed by atoms with Gasteiger partial charge in [0.2, 0.25) is 5.91 Å². The molecule has 0 spiro atoms. The van der Waals surface area contributed by atoms with Crippen molar-refractivity contribution in [3.05, 3.63) is 0 Å². The van der Waals surface area contributed by atoms with E-state index in [-0.39, 0.29) is 11.8 Å². The van der Waals surface area contributed by atoms with Crippen LogP contribution in [0.4, 0.5) is 0 Å². The van der Waals surface area contributed by atoms with Crippen molar-refractivity contribution in [1.29, 1.82) is 0 Å². The second kappa shape index (κ2) is 4.45. The van der Waals surface area contributed by atoms with Crippen LogP contribution in [0.2, 0.25) is 0 Å². The summed E-state index contributed by atoms with van der Waals surface area (Å²) in [6, 6.07) is 0. The molecule has 0 saturated heterocycles. The molecule has 0 aromatic rings. The van der Waals surface area contributed by atoms with Crippen LogP contribution in [0.1, 0.15) is 25.7 Å². The zero-order chi connectivity index (χ0) is 8.97. The molecular weight excluding hydrogens is 154 g/mol. The predicted molar refractivity (Wildman–Crippen MR) is 46.8 cm³/mol. The molecule has 0 atom stereocenters. The van der Waals surface area contributed by atoms with Gasteiger partial charge in [-0.05, 0) is 25.7 Å². The number of ether oxygens (including phenoxy) is 1. The van der Waals surface area contributed by atoms with Crippen LogP contribution in [-0.4, -0.2) is 26.2 Å². The van der Waals surface area contributed by atoms with Crippen molar-refractivity contribution in [3.63, 3.8) is 0 Å². The average Bonchev–Trinajstić information content (AvgIpc) is 2.17. The van der Waals surface area contributed by atoms with Crippen molar-refractivity contribution in [1.82, 2.24) is 5.32 Å². The van der Waals surface area contributed by atoms with Gasteiger partial charge in [-0.15, -0.1) is 0 Å². The third-order valence-corrected chi connectivity index (χ3v) is 2.62. The highest BCUT2D eigenvalue weighted by Gasteiger charge is 2.24. The minimum Gasteiger partial charge on any atom is -0.381 e. The summed E-state index contributed by atoms with van der Waals surface area (Å²) in [6.45, 7) is 0. The molecule has 0 aromatic carbocycles. The van der Waals surface area contributed by atoms with Gasteiger partial charge in [-0.25, -0.2) is 0 Å². The van der Waals surface area contributed by atoms with E-state index in [1.807, 2.05) is 0 Å². The topological polar surface area (TPSA) is 38.3 Å². The first-order valence-electron chi connectivity index (χ1n) is 4.52. The highest BCUT2D eigenvalue weighted by Crippen LogP contribution is 2.25. The molecule has 1 aliphatic carbocycles. The maximum atomic E-state index is 11.2. The van der Waals surface area contributed by atoms with E-state index in [9.17, 15) is 4.79 Å². The molecule has 70 valence electrons. The fourth-order valence-electron chi connectivity index (χ4n) is 1.76. The Balaban J connectivity index is 2.30. The van der Waals surface area contributed by atoms with E-state index in [0.29, 0.717) is 6.10 Å². The van der Waals surface area contributed by atoms with E-state index in [1.54, 1.807) is 14.2 Å². The van der Waals surface area contributed by atoms with E-state index in [0.717, 1.165) is 25.7 Å². The van der Waals surface area contributed by atoms with E-state index in [4.69, 9.17) is 4.74 Å². The monoisotopic (exact) mass is 171 g/mol. The molecule has 1 N–H and O–H groups in total. The van der Waals surface area contributed by atoms with Crippen molar-refractivity contribution in [2.75, 3.05) is 14.2 Å². The molecule has 1 aliphatic rings. The summed E-state index contributed by atoms with van der Waals surface area (Å²) in [5.41, 5.74) is 0. The molecule has 3 heteroatoms. The van der Waals surface area contributed by atoms with Crippen molar-refractivity contribution in [3.8, 4) is 0 Å². The van der Waals surface area contributed by atoms with E-state index < -0.39 is 0 Å². The molecular formula is C9H17NO2. The quantitative estimate of drug-likeness (QED) is 0.671. The smallest absolute Gasteiger partial charge is 0.222 e. The Morgan fingerprint density at radius 3 is 2.33 bits per heavy atom. The number of carbonyl (C=O) groups is 1. The fourth-order valence-corrected chi connectivity index (χ4v) is 1.76. The summed E-state index contributed by atoms with van der Waals surface area (Å²) in [5.74, 6) is 0.408. The minimum atomic E-state index is 0.185. The zero-order valence-electron chi connectivity index (χ0n) is 7.80. The molecule has 1 amide bonds. The van der Waals surface area contributed by atoms with Crippen LogP contribution in [-0.2, 0) is 9.53 Å². The van der Waals surface area contributed by atoms with Crippen molar-refractivity contribution < 1.29 is 9.53 Å². The molecule has 1 fully saturated rings. The Kier molecular flexibility index (Phi) is 3.53. The lowest BCUT2D eigenvalue weighted by Gasteiger charge is -2.26. The molecule has 1 saturated carbocycles. The Morgan fingerprint density at radius 2 is 1.92 bits per heavy atom. The SMILES string of the molecule is CNC(=O)C1CCC(OC)CC1. The molecule has 12 heavy (non-hydrogen) atoms. The van der Waals surface area contributed by atoms with Gasteiger partial charge in [0.1, 0.15) is 0 Å². The maximum absolute atomic E-state index is 11.2. The predicted octanol–water partition coefficient (Wildman–Crippen LogP) is 0.938. The number of amides is 1. The second-order valence-electron chi connectivity index (χ2n) is 3.32. The maximum Gasteiger partial charge on any atom is 0.222 e. The van der Waals surface area contributed by atoms with Crippen molar-refractivity contribution in [2.45, 2.75) is 31.8 Å². The first-order valence-corrected chi connectivity index (χ1v) is 4.52. The van der Waals surface area contributed by atoms with Crippen LogP contribution < -0.4 is 5.32 Å². The standard InChI is InChI=1S/C9H17NO2/c1-10-9(11)7-3-5-8(12-2)6-4-7/h7-8H,3-6H2,1-2H3,(H,10,11). The molecule has 0 radical (unpaired) electrons. The summed E-state index contributed by atoms with van der Waals surface area (Å²) >= 11 is 0. The molecule has 0 unspecified atom stereocenters. The van der Waals surface area contributed by atoms with Crippen LogP contribution in [0.3, 0.4) is 0 Å². The largest absolute Gasteiger partial charge is 0.381 e. The van der Waals surface area contributed by atoms with Gasteiger partial charge in [0.05, 0.1) is 6.10 Å². The van der Waals surface area contributed by atoms with Crippen LogP contribution >= 0.6 is 0 Å². The number of rotatable bonds is 2. The van der Waals surface area contributed by atoms with Gasteiger partial charge in [0.25, 0.3) is 0 Å². The van der Waals surface area contributed by atoms with Gasteiger partial charge < -0.3 is 10.1 Å². The molecule has 0 aromatic heterocycles. The van der Waals surface area contributed by atoms with Gasteiger partial charge in [-0.1, -0.05) is 0 Å². The number of nitrogens with one attached hydrogen (secondary N) is 1. The van der Waals surface area contributed by atoms with E-state index >= 15 is 0 Å². The zero-order valence-corrected chi connectivity index (χ0v) is 7.80. The number of hydrogen-bond acceptors (Lipinski definition) is 2. The third kappa shape index (κ3) is 2.21. The molecule has 0 heterocycles. The Hall–Kier alpha value is -0.570. The highest BCUT2D eigenvalue weighted by molar-refractivity contribution is 5.78. The molecule has 3 nitrogen and oxygen atoms in total. The summed E-state index contributed by atoms with van der Waals surface area (Å²) < 4.78 is 5.22. The lowest BCUT2D eigenvalue weighted by atomic mass is 9.87. The van der Waals surface area contributed by atoms with Crippen LogP contribution in [0.25, 0.3) is 0 Å². The van der Waals surface area contributed by atoms with E-state index in [1.165, 1.54) is 0 Å². The minimum absolute atomic E-state index is 0.185. The van der Waals surface area contributed by atoms with Gasteiger partial charge in [0.15, 0.2) is 0 Å². The summed E-state index contributed by atoms with van der Waals surface area (Å²) in [4.78, 5) is 11.2. The lowest BCUT2D eigenvalue weighted by Crippen LogP contribution is -2.32.